The summed E-state index contributed by atoms with van der Waals surface area (Å²) in [6.45, 7) is 7.77. The molecule has 2 aromatic carbocycles. The number of aliphatic hydroxyl groups is 1. The van der Waals surface area contributed by atoms with Gasteiger partial charge in [-0.1, -0.05) is 43.0 Å². The molecule has 2 N–H and O–H groups in total. The zero-order chi connectivity index (χ0) is 21.3. The summed E-state index contributed by atoms with van der Waals surface area (Å²) < 4.78 is 15.9. The van der Waals surface area contributed by atoms with Crippen LogP contribution in [0, 0.1) is 0 Å². The maximum Gasteiger partial charge on any atom is 0.333 e. The molecule has 0 saturated carbocycles. The van der Waals surface area contributed by atoms with Gasteiger partial charge in [-0.05, 0) is 35.7 Å². The van der Waals surface area contributed by atoms with Gasteiger partial charge in [-0.2, -0.15) is 0 Å². The van der Waals surface area contributed by atoms with Crippen molar-refractivity contribution in [2.75, 3.05) is 39.5 Å². The van der Waals surface area contributed by atoms with Crippen molar-refractivity contribution < 1.29 is 24.1 Å². The number of esters is 1. The van der Waals surface area contributed by atoms with Crippen molar-refractivity contribution in [1.29, 1.82) is 0 Å². The molecule has 0 radical (unpaired) electrons. The van der Waals surface area contributed by atoms with E-state index >= 15 is 0 Å². The molecule has 30 heavy (non-hydrogen) atoms. The minimum atomic E-state index is -0.876. The Morgan fingerprint density at radius 3 is 2.57 bits per heavy atom. The Labute approximate surface area is 177 Å². The average Bonchev–Trinajstić information content (AvgIpc) is 2.71. The lowest BCUT2D eigenvalue weighted by molar-refractivity contribution is -0.143. The number of hydrogen-bond donors (Lipinski definition) is 2. The minimum absolute atomic E-state index is 0.0681. The van der Waals surface area contributed by atoms with E-state index in [-0.39, 0.29) is 13.2 Å². The van der Waals surface area contributed by atoms with Crippen LogP contribution in [0.2, 0.25) is 0 Å². The standard InChI is InChI=1S/C24H29NO5/c1-17(2)24(27)30-16-22(26)15-28-10-11-29-23-8-6-18(7-9-23)19-4-3-5-20(12-19)21-13-25-14-21/h3-9,12,21-22,25-26H,1,10-11,13-16H2,2H3. The molecular formula is C24H29NO5. The van der Waals surface area contributed by atoms with E-state index in [9.17, 15) is 9.90 Å². The van der Waals surface area contributed by atoms with Gasteiger partial charge in [-0.3, -0.25) is 0 Å². The Balaban J connectivity index is 1.37. The summed E-state index contributed by atoms with van der Waals surface area (Å²) in [6, 6.07) is 16.7. The first-order valence-corrected chi connectivity index (χ1v) is 10.2. The number of hydrogen-bond acceptors (Lipinski definition) is 6. The summed E-state index contributed by atoms with van der Waals surface area (Å²) in [5, 5.41) is 13.0. The topological polar surface area (TPSA) is 77.0 Å². The lowest BCUT2D eigenvalue weighted by atomic mass is 9.91. The molecule has 3 rings (SSSR count). The van der Waals surface area contributed by atoms with Crippen LogP contribution in [0.3, 0.4) is 0 Å². The maximum absolute atomic E-state index is 11.3. The molecule has 6 nitrogen and oxygen atoms in total. The highest BCUT2D eigenvalue weighted by atomic mass is 16.6. The van der Waals surface area contributed by atoms with E-state index < -0.39 is 12.1 Å². The van der Waals surface area contributed by atoms with Crippen LogP contribution in [0.25, 0.3) is 11.1 Å². The van der Waals surface area contributed by atoms with E-state index in [0.29, 0.717) is 24.7 Å². The molecule has 0 aliphatic carbocycles. The fourth-order valence-electron chi connectivity index (χ4n) is 3.02. The molecule has 1 saturated heterocycles. The monoisotopic (exact) mass is 411 g/mol. The van der Waals surface area contributed by atoms with E-state index in [1.807, 2.05) is 24.3 Å². The number of carbonyl (C=O) groups excluding carboxylic acids is 1. The normalized spacial score (nSPS) is 14.6. The molecule has 160 valence electrons. The van der Waals surface area contributed by atoms with Gasteiger partial charge in [0.2, 0.25) is 0 Å². The van der Waals surface area contributed by atoms with Gasteiger partial charge in [0.1, 0.15) is 25.1 Å². The van der Waals surface area contributed by atoms with Gasteiger partial charge in [-0.15, -0.1) is 0 Å². The van der Waals surface area contributed by atoms with Gasteiger partial charge in [0.25, 0.3) is 0 Å². The number of benzene rings is 2. The van der Waals surface area contributed by atoms with Gasteiger partial charge < -0.3 is 24.6 Å². The summed E-state index contributed by atoms with van der Waals surface area (Å²) in [4.78, 5) is 11.3. The number of carbonyl (C=O) groups is 1. The molecule has 0 bridgehead atoms. The SMILES string of the molecule is C=C(C)C(=O)OCC(O)COCCOc1ccc(-c2cccc(C3CNC3)c2)cc1. The van der Waals surface area contributed by atoms with Crippen molar-refractivity contribution in [2.24, 2.45) is 0 Å². The Hall–Kier alpha value is -2.67. The third-order valence-corrected chi connectivity index (χ3v) is 4.89. The fourth-order valence-corrected chi connectivity index (χ4v) is 3.02. The van der Waals surface area contributed by atoms with Gasteiger partial charge in [-0.25, -0.2) is 4.79 Å². The third-order valence-electron chi connectivity index (χ3n) is 4.89. The molecule has 1 atom stereocenters. The molecule has 0 amide bonds. The van der Waals surface area contributed by atoms with Crippen molar-refractivity contribution in [3.05, 3.63) is 66.2 Å². The van der Waals surface area contributed by atoms with Crippen molar-refractivity contribution in [3.8, 4) is 16.9 Å². The molecule has 1 fully saturated rings. The van der Waals surface area contributed by atoms with Crippen molar-refractivity contribution in [3.63, 3.8) is 0 Å². The first-order chi connectivity index (χ1) is 14.5. The average molecular weight is 411 g/mol. The zero-order valence-corrected chi connectivity index (χ0v) is 17.3. The quantitative estimate of drug-likeness (QED) is 0.336. The molecule has 2 aromatic rings. The Kier molecular flexibility index (Phi) is 8.02. The lowest BCUT2D eigenvalue weighted by Gasteiger charge is -2.27. The molecule has 0 spiro atoms. The summed E-state index contributed by atoms with van der Waals surface area (Å²) in [7, 11) is 0. The molecule has 1 aliphatic heterocycles. The second-order valence-corrected chi connectivity index (χ2v) is 7.46. The second kappa shape index (κ2) is 10.9. The first kappa shape index (κ1) is 22.0. The molecular weight excluding hydrogens is 382 g/mol. The Morgan fingerprint density at radius 2 is 1.90 bits per heavy atom. The number of rotatable bonds is 11. The first-order valence-electron chi connectivity index (χ1n) is 10.2. The van der Waals surface area contributed by atoms with Crippen molar-refractivity contribution in [2.45, 2.75) is 18.9 Å². The Bertz CT molecular complexity index is 845. The number of ether oxygens (including phenoxy) is 3. The summed E-state index contributed by atoms with van der Waals surface area (Å²) in [6.07, 6.45) is -0.876. The van der Waals surface area contributed by atoms with Crippen LogP contribution in [-0.2, 0) is 14.3 Å². The Morgan fingerprint density at radius 1 is 1.13 bits per heavy atom. The predicted octanol–water partition coefficient (Wildman–Crippen LogP) is 2.92. The second-order valence-electron chi connectivity index (χ2n) is 7.46. The van der Waals surface area contributed by atoms with E-state index in [2.05, 4.69) is 36.2 Å². The van der Waals surface area contributed by atoms with Crippen LogP contribution < -0.4 is 10.1 Å². The van der Waals surface area contributed by atoms with Crippen molar-refractivity contribution >= 4 is 5.97 Å². The predicted molar refractivity (Wildman–Crippen MR) is 116 cm³/mol. The van der Waals surface area contributed by atoms with Gasteiger partial charge in [0, 0.05) is 24.6 Å². The van der Waals surface area contributed by atoms with E-state index in [1.54, 1.807) is 6.92 Å². The highest BCUT2D eigenvalue weighted by Gasteiger charge is 2.18. The fraction of sp³-hybridized carbons (Fsp3) is 0.375. The largest absolute Gasteiger partial charge is 0.491 e. The van der Waals surface area contributed by atoms with E-state index in [4.69, 9.17) is 14.2 Å². The number of nitrogens with one attached hydrogen (secondary N) is 1. The molecule has 1 heterocycles. The van der Waals surface area contributed by atoms with Crippen LogP contribution in [-0.4, -0.2) is 56.7 Å². The van der Waals surface area contributed by atoms with E-state index in [0.717, 1.165) is 24.4 Å². The van der Waals surface area contributed by atoms with Gasteiger partial charge in [0.15, 0.2) is 0 Å². The van der Waals surface area contributed by atoms with Gasteiger partial charge >= 0.3 is 5.97 Å². The minimum Gasteiger partial charge on any atom is -0.491 e. The summed E-state index contributed by atoms with van der Waals surface area (Å²) in [5.41, 5.74) is 4.03. The summed E-state index contributed by atoms with van der Waals surface area (Å²) >= 11 is 0. The molecule has 6 heteroatoms. The van der Waals surface area contributed by atoms with Crippen LogP contribution in [0.1, 0.15) is 18.4 Å². The highest BCUT2D eigenvalue weighted by Crippen LogP contribution is 2.27. The number of aliphatic hydroxyl groups excluding tert-OH is 1. The highest BCUT2D eigenvalue weighted by molar-refractivity contribution is 5.86. The van der Waals surface area contributed by atoms with Crippen LogP contribution in [0.4, 0.5) is 0 Å². The third kappa shape index (κ3) is 6.42. The lowest BCUT2D eigenvalue weighted by Crippen LogP contribution is -2.39. The van der Waals surface area contributed by atoms with Crippen LogP contribution in [0.15, 0.2) is 60.7 Å². The smallest absolute Gasteiger partial charge is 0.333 e. The molecule has 1 aliphatic rings. The maximum atomic E-state index is 11.3. The molecule has 0 aromatic heterocycles. The van der Waals surface area contributed by atoms with Gasteiger partial charge in [0.05, 0.1) is 13.2 Å². The zero-order valence-electron chi connectivity index (χ0n) is 17.3. The molecule has 1 unspecified atom stereocenters. The van der Waals surface area contributed by atoms with E-state index in [1.165, 1.54) is 11.1 Å². The van der Waals surface area contributed by atoms with Crippen molar-refractivity contribution in [1.82, 2.24) is 5.32 Å². The van der Waals surface area contributed by atoms with Crippen LogP contribution in [0.5, 0.6) is 5.75 Å². The summed E-state index contributed by atoms with van der Waals surface area (Å²) in [5.74, 6) is 0.856. The van der Waals surface area contributed by atoms with Crippen LogP contribution >= 0.6 is 0 Å².